The van der Waals surface area contributed by atoms with Gasteiger partial charge in [0.25, 0.3) is 0 Å². The van der Waals surface area contributed by atoms with Crippen LogP contribution >= 0.6 is 0 Å². The number of amides is 1. The lowest BCUT2D eigenvalue weighted by molar-refractivity contribution is 0.158. The Hall–Kier alpha value is -1.52. The molecule has 0 unspecified atom stereocenters. The minimum Gasteiger partial charge on any atom is -0.449 e. The number of aromatic amines is 1. The minimum atomic E-state index is -0.742. The molecule has 1 rings (SSSR count). The molecule has 0 radical (unpaired) electrons. The second-order valence-electron chi connectivity index (χ2n) is 2.02. The van der Waals surface area contributed by atoms with E-state index in [1.54, 1.807) is 12.4 Å². The Bertz CT molecular complexity index is 220. The third-order valence-corrected chi connectivity index (χ3v) is 1.19. The summed E-state index contributed by atoms with van der Waals surface area (Å²) in [7, 11) is 0. The summed E-state index contributed by atoms with van der Waals surface area (Å²) < 4.78 is 4.51. The zero-order valence-electron chi connectivity index (χ0n) is 5.91. The van der Waals surface area contributed by atoms with Gasteiger partial charge in [0.1, 0.15) is 0 Å². The van der Waals surface area contributed by atoms with Gasteiger partial charge in [-0.2, -0.15) is 5.10 Å². The Kier molecular flexibility index (Phi) is 2.48. The maximum absolute atomic E-state index is 10.1. The number of ether oxygens (including phenoxy) is 1. The number of hydrogen-bond acceptors (Lipinski definition) is 3. The molecule has 0 aliphatic heterocycles. The molecule has 0 saturated heterocycles. The van der Waals surface area contributed by atoms with Crippen molar-refractivity contribution >= 4 is 6.09 Å². The highest BCUT2D eigenvalue weighted by atomic mass is 16.5. The van der Waals surface area contributed by atoms with Crippen molar-refractivity contribution in [3.63, 3.8) is 0 Å². The van der Waals surface area contributed by atoms with Gasteiger partial charge in [-0.15, -0.1) is 0 Å². The maximum atomic E-state index is 10.1. The van der Waals surface area contributed by atoms with Gasteiger partial charge in [0.05, 0.1) is 12.8 Å². The molecule has 1 aromatic rings. The van der Waals surface area contributed by atoms with Crippen LogP contribution in [0.3, 0.4) is 0 Å². The third-order valence-electron chi connectivity index (χ3n) is 1.19. The van der Waals surface area contributed by atoms with Crippen LogP contribution in [-0.4, -0.2) is 22.9 Å². The quantitative estimate of drug-likeness (QED) is 0.647. The standard InChI is InChI=1S/C6H9N3O2/c7-6(10)11-2-1-5-3-8-9-4-5/h3-4H,1-2H2,(H2,7,10)(H,8,9). The number of nitrogens with two attached hydrogens (primary N) is 1. The normalized spacial score (nSPS) is 9.45. The van der Waals surface area contributed by atoms with Crippen molar-refractivity contribution in [2.75, 3.05) is 6.61 Å². The predicted molar refractivity (Wildman–Crippen MR) is 37.8 cm³/mol. The lowest BCUT2D eigenvalue weighted by Gasteiger charge is -1.97. The highest BCUT2D eigenvalue weighted by Crippen LogP contribution is 1.94. The fourth-order valence-electron chi connectivity index (χ4n) is 0.684. The number of aromatic nitrogens is 2. The molecule has 0 fully saturated rings. The molecule has 60 valence electrons. The van der Waals surface area contributed by atoms with Crippen molar-refractivity contribution in [3.05, 3.63) is 18.0 Å². The lowest BCUT2D eigenvalue weighted by Crippen LogP contribution is -2.14. The largest absolute Gasteiger partial charge is 0.449 e. The van der Waals surface area contributed by atoms with E-state index in [0.29, 0.717) is 13.0 Å². The number of carbonyl (C=O) groups is 1. The molecule has 0 bridgehead atoms. The number of nitrogens with zero attached hydrogens (tertiary/aromatic N) is 1. The highest BCUT2D eigenvalue weighted by Gasteiger charge is 1.95. The van der Waals surface area contributed by atoms with Crippen LogP contribution < -0.4 is 5.73 Å². The summed E-state index contributed by atoms with van der Waals surface area (Å²) in [5.41, 5.74) is 5.74. The van der Waals surface area contributed by atoms with E-state index in [1.807, 2.05) is 0 Å². The molecular formula is C6H9N3O2. The molecule has 5 nitrogen and oxygen atoms in total. The number of H-pyrrole nitrogens is 1. The third kappa shape index (κ3) is 2.70. The van der Waals surface area contributed by atoms with Gasteiger partial charge in [-0.3, -0.25) is 5.10 Å². The van der Waals surface area contributed by atoms with Gasteiger partial charge >= 0.3 is 6.09 Å². The fourth-order valence-corrected chi connectivity index (χ4v) is 0.684. The molecular weight excluding hydrogens is 146 g/mol. The van der Waals surface area contributed by atoms with Crippen molar-refractivity contribution in [3.8, 4) is 0 Å². The Morgan fingerprint density at radius 2 is 2.64 bits per heavy atom. The van der Waals surface area contributed by atoms with Crippen LogP contribution in [0.25, 0.3) is 0 Å². The summed E-state index contributed by atoms with van der Waals surface area (Å²) in [5, 5.41) is 6.37. The molecule has 0 aliphatic rings. The minimum absolute atomic E-state index is 0.300. The van der Waals surface area contributed by atoms with E-state index in [4.69, 9.17) is 5.73 Å². The van der Waals surface area contributed by atoms with E-state index in [1.165, 1.54) is 0 Å². The van der Waals surface area contributed by atoms with Crippen LogP contribution in [0.2, 0.25) is 0 Å². The molecule has 0 aliphatic carbocycles. The second kappa shape index (κ2) is 3.60. The summed E-state index contributed by atoms with van der Waals surface area (Å²) >= 11 is 0. The molecule has 3 N–H and O–H groups in total. The molecule has 1 aromatic heterocycles. The maximum Gasteiger partial charge on any atom is 0.404 e. The average molecular weight is 155 g/mol. The number of nitrogens with one attached hydrogen (secondary N) is 1. The molecule has 0 aromatic carbocycles. The van der Waals surface area contributed by atoms with Crippen molar-refractivity contribution in [1.82, 2.24) is 10.2 Å². The van der Waals surface area contributed by atoms with Gasteiger partial charge in [0.15, 0.2) is 0 Å². The lowest BCUT2D eigenvalue weighted by atomic mass is 10.3. The first-order valence-corrected chi connectivity index (χ1v) is 3.19. The average Bonchev–Trinajstić information content (AvgIpc) is 2.39. The van der Waals surface area contributed by atoms with E-state index in [9.17, 15) is 4.79 Å². The Morgan fingerprint density at radius 1 is 1.82 bits per heavy atom. The van der Waals surface area contributed by atoms with Crippen molar-refractivity contribution in [2.24, 2.45) is 5.73 Å². The van der Waals surface area contributed by atoms with E-state index >= 15 is 0 Å². The van der Waals surface area contributed by atoms with Gasteiger partial charge in [0.2, 0.25) is 0 Å². The number of rotatable bonds is 3. The topological polar surface area (TPSA) is 81.0 Å². The Morgan fingerprint density at radius 3 is 3.18 bits per heavy atom. The van der Waals surface area contributed by atoms with Crippen LogP contribution in [0.4, 0.5) is 4.79 Å². The summed E-state index contributed by atoms with van der Waals surface area (Å²) in [4.78, 5) is 10.1. The first kappa shape index (κ1) is 7.59. The molecule has 0 saturated carbocycles. The van der Waals surface area contributed by atoms with Crippen molar-refractivity contribution in [2.45, 2.75) is 6.42 Å². The number of carbonyl (C=O) groups excluding carboxylic acids is 1. The van der Waals surface area contributed by atoms with Crippen molar-refractivity contribution in [1.29, 1.82) is 0 Å². The highest BCUT2D eigenvalue weighted by molar-refractivity contribution is 5.64. The molecule has 0 spiro atoms. The van der Waals surface area contributed by atoms with E-state index in [0.717, 1.165) is 5.56 Å². The molecule has 1 amide bonds. The summed E-state index contributed by atoms with van der Waals surface area (Å²) in [6.45, 7) is 0.300. The van der Waals surface area contributed by atoms with E-state index in [2.05, 4.69) is 14.9 Å². The van der Waals surface area contributed by atoms with Crippen LogP contribution in [0.15, 0.2) is 12.4 Å². The predicted octanol–water partition coefficient (Wildman–Crippen LogP) is 0.0475. The smallest absolute Gasteiger partial charge is 0.404 e. The fraction of sp³-hybridized carbons (Fsp3) is 0.333. The van der Waals surface area contributed by atoms with Gasteiger partial charge in [-0.05, 0) is 5.56 Å². The first-order valence-electron chi connectivity index (χ1n) is 3.19. The molecule has 11 heavy (non-hydrogen) atoms. The van der Waals surface area contributed by atoms with Gasteiger partial charge < -0.3 is 10.5 Å². The van der Waals surface area contributed by atoms with Crippen LogP contribution in [0, 0.1) is 0 Å². The summed E-state index contributed by atoms with van der Waals surface area (Å²) in [6.07, 6.45) is 3.31. The Balaban J connectivity index is 2.19. The molecule has 5 heteroatoms. The van der Waals surface area contributed by atoms with Gasteiger partial charge in [-0.1, -0.05) is 0 Å². The zero-order valence-corrected chi connectivity index (χ0v) is 5.91. The van der Waals surface area contributed by atoms with Crippen molar-refractivity contribution < 1.29 is 9.53 Å². The first-order chi connectivity index (χ1) is 5.29. The van der Waals surface area contributed by atoms with E-state index in [-0.39, 0.29) is 0 Å². The molecule has 1 heterocycles. The Labute approximate surface area is 63.5 Å². The summed E-state index contributed by atoms with van der Waals surface area (Å²) in [5.74, 6) is 0. The van der Waals surface area contributed by atoms with Crippen LogP contribution in [0.1, 0.15) is 5.56 Å². The molecule has 0 atom stereocenters. The number of hydrogen-bond donors (Lipinski definition) is 2. The van der Waals surface area contributed by atoms with Gasteiger partial charge in [-0.25, -0.2) is 4.79 Å². The monoisotopic (exact) mass is 155 g/mol. The van der Waals surface area contributed by atoms with E-state index < -0.39 is 6.09 Å². The summed E-state index contributed by atoms with van der Waals surface area (Å²) in [6, 6.07) is 0. The van der Waals surface area contributed by atoms with Crippen LogP contribution in [0.5, 0.6) is 0 Å². The SMILES string of the molecule is NC(=O)OCCc1cn[nH]c1. The second-order valence-corrected chi connectivity index (χ2v) is 2.02. The van der Waals surface area contributed by atoms with Crippen LogP contribution in [-0.2, 0) is 11.2 Å². The van der Waals surface area contributed by atoms with Gasteiger partial charge in [0, 0.05) is 12.6 Å². The number of primary amides is 1. The zero-order chi connectivity index (χ0) is 8.10.